The minimum atomic E-state index is 0.241. The van der Waals surface area contributed by atoms with Crippen molar-refractivity contribution in [3.63, 3.8) is 0 Å². The minimum absolute atomic E-state index is 0.241. The van der Waals surface area contributed by atoms with Crippen molar-refractivity contribution < 1.29 is 0 Å². The predicted molar refractivity (Wildman–Crippen MR) is 61.9 cm³/mol. The molecule has 1 unspecified atom stereocenters. The van der Waals surface area contributed by atoms with Crippen molar-refractivity contribution in [2.45, 2.75) is 12.5 Å². The monoisotopic (exact) mass is 219 g/mol. The molecule has 0 aliphatic carbocycles. The number of hydrogen-bond acceptors (Lipinski definition) is 3. The summed E-state index contributed by atoms with van der Waals surface area (Å²) >= 11 is 0. The average molecular weight is 219 g/mol. The first-order valence-electron chi connectivity index (χ1n) is 5.31. The van der Waals surface area contributed by atoms with Gasteiger partial charge in [0, 0.05) is 26.5 Å². The molecule has 1 atom stereocenters. The first-order valence-corrected chi connectivity index (χ1v) is 5.31. The molecule has 5 nitrogen and oxygen atoms in total. The van der Waals surface area contributed by atoms with Crippen molar-refractivity contribution in [3.8, 4) is 0 Å². The maximum atomic E-state index is 4.36. The van der Waals surface area contributed by atoms with Crippen molar-refractivity contribution in [1.82, 2.24) is 24.6 Å². The topological polar surface area (TPSA) is 47.7 Å². The van der Waals surface area contributed by atoms with E-state index in [4.69, 9.17) is 0 Å². The third-order valence-electron chi connectivity index (χ3n) is 2.63. The Hall–Kier alpha value is -1.62. The third-order valence-corrected chi connectivity index (χ3v) is 2.63. The van der Waals surface area contributed by atoms with Crippen LogP contribution in [0.2, 0.25) is 0 Å². The summed E-state index contributed by atoms with van der Waals surface area (Å²) in [5.41, 5.74) is 2.28. The van der Waals surface area contributed by atoms with E-state index in [2.05, 4.69) is 15.4 Å². The molecule has 0 spiro atoms. The smallest absolute Gasteiger partial charge is 0.0947 e. The van der Waals surface area contributed by atoms with Gasteiger partial charge in [-0.05, 0) is 19.0 Å². The zero-order chi connectivity index (χ0) is 11.5. The molecule has 0 bridgehead atoms. The second-order valence-corrected chi connectivity index (χ2v) is 4.03. The maximum absolute atomic E-state index is 4.36. The van der Waals surface area contributed by atoms with E-state index in [9.17, 15) is 0 Å². The van der Waals surface area contributed by atoms with Crippen LogP contribution >= 0.6 is 0 Å². The van der Waals surface area contributed by atoms with E-state index >= 15 is 0 Å². The van der Waals surface area contributed by atoms with E-state index in [1.165, 1.54) is 5.56 Å². The summed E-state index contributed by atoms with van der Waals surface area (Å²) in [6, 6.07) is 0.241. The van der Waals surface area contributed by atoms with Gasteiger partial charge in [0.05, 0.1) is 24.3 Å². The first kappa shape index (κ1) is 10.9. The lowest BCUT2D eigenvalue weighted by Crippen LogP contribution is -2.19. The van der Waals surface area contributed by atoms with Crippen molar-refractivity contribution in [2.24, 2.45) is 14.1 Å². The molecule has 0 aliphatic heterocycles. The fourth-order valence-electron chi connectivity index (χ4n) is 1.78. The normalized spacial score (nSPS) is 12.9. The molecular formula is C11H17N5. The van der Waals surface area contributed by atoms with Gasteiger partial charge in [0.1, 0.15) is 0 Å². The molecule has 0 saturated carbocycles. The molecular weight excluding hydrogens is 202 g/mol. The molecule has 0 fully saturated rings. The Bertz CT molecular complexity index is 456. The van der Waals surface area contributed by atoms with Crippen molar-refractivity contribution in [3.05, 3.63) is 36.2 Å². The minimum Gasteiger partial charge on any atom is -0.340 e. The van der Waals surface area contributed by atoms with Gasteiger partial charge >= 0.3 is 0 Å². The highest BCUT2D eigenvalue weighted by molar-refractivity contribution is 5.12. The second-order valence-electron chi connectivity index (χ2n) is 4.03. The highest BCUT2D eigenvalue weighted by atomic mass is 15.2. The molecule has 0 radical (unpaired) electrons. The Kier molecular flexibility index (Phi) is 3.05. The summed E-state index contributed by atoms with van der Waals surface area (Å²) in [4.78, 5) is 4.36. The lowest BCUT2D eigenvalue weighted by molar-refractivity contribution is 0.577. The molecule has 2 rings (SSSR count). The number of likely N-dealkylation sites (N-methyl/N-ethyl adjacent to an activating group) is 1. The summed E-state index contributed by atoms with van der Waals surface area (Å²) in [7, 11) is 5.86. The van der Waals surface area contributed by atoms with Gasteiger partial charge in [0.25, 0.3) is 0 Å². The van der Waals surface area contributed by atoms with E-state index in [-0.39, 0.29) is 6.04 Å². The molecule has 0 aliphatic rings. The van der Waals surface area contributed by atoms with Crippen LogP contribution in [0.4, 0.5) is 0 Å². The molecule has 1 N–H and O–H groups in total. The highest BCUT2D eigenvalue weighted by Gasteiger charge is 2.13. The zero-order valence-corrected chi connectivity index (χ0v) is 9.88. The van der Waals surface area contributed by atoms with E-state index in [1.807, 2.05) is 55.3 Å². The van der Waals surface area contributed by atoms with Crippen LogP contribution in [0.5, 0.6) is 0 Å². The van der Waals surface area contributed by atoms with Crippen LogP contribution in [0.25, 0.3) is 0 Å². The van der Waals surface area contributed by atoms with Crippen molar-refractivity contribution in [2.75, 3.05) is 7.05 Å². The summed E-state index contributed by atoms with van der Waals surface area (Å²) < 4.78 is 3.78. The van der Waals surface area contributed by atoms with Crippen LogP contribution in [0.1, 0.15) is 17.3 Å². The Morgan fingerprint density at radius 1 is 1.38 bits per heavy atom. The van der Waals surface area contributed by atoms with E-state index in [1.54, 1.807) is 0 Å². The number of nitrogens with one attached hydrogen (secondary N) is 1. The molecule has 16 heavy (non-hydrogen) atoms. The molecule has 0 saturated heterocycles. The van der Waals surface area contributed by atoms with Crippen LogP contribution in [0.15, 0.2) is 24.9 Å². The fraction of sp³-hybridized carbons (Fsp3) is 0.455. The zero-order valence-electron chi connectivity index (χ0n) is 9.88. The van der Waals surface area contributed by atoms with Crippen molar-refractivity contribution in [1.29, 1.82) is 0 Å². The van der Waals surface area contributed by atoms with E-state index in [0.717, 1.165) is 12.1 Å². The Balaban J connectivity index is 2.12. The first-order chi connectivity index (χ1) is 7.69. The number of rotatable bonds is 4. The highest BCUT2D eigenvalue weighted by Crippen LogP contribution is 2.15. The van der Waals surface area contributed by atoms with Gasteiger partial charge in [0.2, 0.25) is 0 Å². The number of aryl methyl sites for hydroxylation is 2. The summed E-state index contributed by atoms with van der Waals surface area (Å²) in [6.45, 7) is 0. The Morgan fingerprint density at radius 2 is 2.19 bits per heavy atom. The van der Waals surface area contributed by atoms with Crippen LogP contribution in [0, 0.1) is 0 Å². The fourth-order valence-corrected chi connectivity index (χ4v) is 1.78. The summed E-state index contributed by atoms with van der Waals surface area (Å²) in [5, 5.41) is 7.44. The summed E-state index contributed by atoms with van der Waals surface area (Å²) in [5.74, 6) is 0. The van der Waals surface area contributed by atoms with Gasteiger partial charge in [-0.1, -0.05) is 0 Å². The van der Waals surface area contributed by atoms with Gasteiger partial charge in [-0.2, -0.15) is 5.10 Å². The number of aromatic nitrogens is 4. The molecule has 86 valence electrons. The van der Waals surface area contributed by atoms with Crippen molar-refractivity contribution >= 4 is 0 Å². The predicted octanol–water partition coefficient (Wildman–Crippen LogP) is 0.657. The van der Waals surface area contributed by atoms with Crippen LogP contribution in [0.3, 0.4) is 0 Å². The molecule has 2 aromatic rings. The maximum Gasteiger partial charge on any atom is 0.0947 e. The van der Waals surface area contributed by atoms with Gasteiger partial charge < -0.3 is 9.88 Å². The molecule has 2 aromatic heterocycles. The second kappa shape index (κ2) is 4.49. The molecule has 0 aromatic carbocycles. The SMILES string of the molecule is CNC(Cc1cnn(C)c1)c1cn(C)cn1. The number of imidazole rings is 1. The molecule has 2 heterocycles. The molecule has 5 heteroatoms. The van der Waals surface area contributed by atoms with Gasteiger partial charge in [-0.25, -0.2) is 4.98 Å². The van der Waals surface area contributed by atoms with Gasteiger partial charge in [-0.15, -0.1) is 0 Å². The summed E-state index contributed by atoms with van der Waals surface area (Å²) in [6.07, 6.45) is 8.70. The Morgan fingerprint density at radius 3 is 2.69 bits per heavy atom. The van der Waals surface area contributed by atoms with E-state index in [0.29, 0.717) is 0 Å². The molecule has 0 amide bonds. The largest absolute Gasteiger partial charge is 0.340 e. The van der Waals surface area contributed by atoms with E-state index < -0.39 is 0 Å². The average Bonchev–Trinajstić information content (AvgIpc) is 2.84. The quantitative estimate of drug-likeness (QED) is 0.821. The number of hydrogen-bond donors (Lipinski definition) is 1. The lowest BCUT2D eigenvalue weighted by atomic mass is 10.1. The standard InChI is InChI=1S/C11H17N5/c1-12-10(11-7-15(2)8-13-11)4-9-5-14-16(3)6-9/h5-8,10,12H,4H2,1-3H3. The van der Waals surface area contributed by atoms with Crippen LogP contribution in [-0.2, 0) is 20.5 Å². The van der Waals surface area contributed by atoms with Crippen LogP contribution in [-0.4, -0.2) is 26.4 Å². The van der Waals surface area contributed by atoms with Gasteiger partial charge in [-0.3, -0.25) is 4.68 Å². The Labute approximate surface area is 95.1 Å². The number of nitrogens with zero attached hydrogens (tertiary/aromatic N) is 4. The third kappa shape index (κ3) is 2.30. The lowest BCUT2D eigenvalue weighted by Gasteiger charge is -2.12. The van der Waals surface area contributed by atoms with Crippen LogP contribution < -0.4 is 5.32 Å². The van der Waals surface area contributed by atoms with Gasteiger partial charge in [0.15, 0.2) is 0 Å².